The standard InChI is InChI=1S/C22H28O3Si/c1-17-15-18(16-21(23)24-17)25-26(22(2,3)4,19-11-7-5-8-12-19)20-13-9-6-10-14-20/h5-14,17-18H,15-16H2,1-4H3/t17-,18-/m1/s1. The van der Waals surface area contributed by atoms with Gasteiger partial charge in [0.15, 0.2) is 0 Å². The SMILES string of the molecule is C[C@@H]1C[C@@H](O[Si](c2ccccc2)(c2ccccc2)C(C)(C)C)CC(=O)O1. The summed E-state index contributed by atoms with van der Waals surface area (Å²) in [4.78, 5) is 12.0. The van der Waals surface area contributed by atoms with E-state index in [1.54, 1.807) is 0 Å². The molecule has 2 aromatic carbocycles. The van der Waals surface area contributed by atoms with Crippen LogP contribution in [0.3, 0.4) is 0 Å². The van der Waals surface area contributed by atoms with Crippen molar-refractivity contribution in [3.63, 3.8) is 0 Å². The predicted molar refractivity (Wildman–Crippen MR) is 107 cm³/mol. The molecule has 0 spiro atoms. The molecule has 3 rings (SSSR count). The van der Waals surface area contributed by atoms with Gasteiger partial charge in [-0.05, 0) is 22.3 Å². The van der Waals surface area contributed by atoms with Crippen molar-refractivity contribution in [3.05, 3.63) is 60.7 Å². The van der Waals surface area contributed by atoms with Crippen LogP contribution in [0.1, 0.15) is 40.5 Å². The van der Waals surface area contributed by atoms with Gasteiger partial charge < -0.3 is 9.16 Å². The van der Waals surface area contributed by atoms with Crippen molar-refractivity contribution in [2.24, 2.45) is 0 Å². The minimum Gasteiger partial charge on any atom is -0.462 e. The predicted octanol–water partition coefficient (Wildman–Crippen LogP) is 3.66. The lowest BCUT2D eigenvalue weighted by Crippen LogP contribution is -2.68. The summed E-state index contributed by atoms with van der Waals surface area (Å²) in [5.74, 6) is -0.160. The highest BCUT2D eigenvalue weighted by atomic mass is 28.4. The van der Waals surface area contributed by atoms with Gasteiger partial charge in [0, 0.05) is 6.42 Å². The van der Waals surface area contributed by atoms with E-state index >= 15 is 0 Å². The lowest BCUT2D eigenvalue weighted by molar-refractivity contribution is -0.157. The van der Waals surface area contributed by atoms with E-state index in [0.29, 0.717) is 6.42 Å². The average molecular weight is 369 g/mol. The lowest BCUT2D eigenvalue weighted by atomic mass is 10.1. The van der Waals surface area contributed by atoms with E-state index in [0.717, 1.165) is 6.42 Å². The van der Waals surface area contributed by atoms with Gasteiger partial charge in [-0.1, -0.05) is 81.4 Å². The minimum absolute atomic E-state index is 0.0830. The molecule has 2 atom stereocenters. The zero-order valence-corrected chi connectivity index (χ0v) is 17.1. The van der Waals surface area contributed by atoms with E-state index in [9.17, 15) is 4.79 Å². The Morgan fingerprint density at radius 1 is 0.962 bits per heavy atom. The van der Waals surface area contributed by atoms with Crippen molar-refractivity contribution in [1.82, 2.24) is 0 Å². The fourth-order valence-corrected chi connectivity index (χ4v) is 8.69. The first-order valence-electron chi connectivity index (χ1n) is 9.31. The van der Waals surface area contributed by atoms with Crippen molar-refractivity contribution in [2.45, 2.75) is 57.8 Å². The van der Waals surface area contributed by atoms with Crippen LogP contribution in [0.25, 0.3) is 0 Å². The topological polar surface area (TPSA) is 35.5 Å². The molecule has 2 aromatic rings. The molecular formula is C22H28O3Si. The van der Waals surface area contributed by atoms with Crippen LogP contribution in [0.2, 0.25) is 5.04 Å². The molecule has 1 fully saturated rings. The van der Waals surface area contributed by atoms with Gasteiger partial charge in [-0.15, -0.1) is 0 Å². The Morgan fingerprint density at radius 3 is 1.88 bits per heavy atom. The molecule has 1 saturated heterocycles. The normalized spacial score (nSPS) is 21.3. The summed E-state index contributed by atoms with van der Waals surface area (Å²) in [5, 5.41) is 2.40. The van der Waals surface area contributed by atoms with Gasteiger partial charge in [-0.3, -0.25) is 4.79 Å². The van der Waals surface area contributed by atoms with E-state index in [1.165, 1.54) is 10.4 Å². The molecule has 0 saturated carbocycles. The molecular weight excluding hydrogens is 340 g/mol. The number of rotatable bonds is 4. The molecule has 4 heteroatoms. The molecule has 1 aliphatic heterocycles. The summed E-state index contributed by atoms with van der Waals surface area (Å²) in [7, 11) is -2.60. The van der Waals surface area contributed by atoms with Crippen LogP contribution in [0.4, 0.5) is 0 Å². The van der Waals surface area contributed by atoms with Crippen molar-refractivity contribution in [2.75, 3.05) is 0 Å². The Kier molecular flexibility index (Phi) is 5.35. The number of esters is 1. The van der Waals surface area contributed by atoms with Crippen LogP contribution in [-0.2, 0) is 14.0 Å². The van der Waals surface area contributed by atoms with E-state index in [2.05, 4.69) is 69.3 Å². The highest BCUT2D eigenvalue weighted by Gasteiger charge is 2.52. The van der Waals surface area contributed by atoms with Crippen LogP contribution in [0.15, 0.2) is 60.7 Å². The van der Waals surface area contributed by atoms with Gasteiger partial charge in [-0.2, -0.15) is 0 Å². The van der Waals surface area contributed by atoms with Crippen molar-refractivity contribution in [1.29, 1.82) is 0 Å². The summed E-state index contributed by atoms with van der Waals surface area (Å²) in [6.07, 6.45) is 0.863. The molecule has 1 heterocycles. The third-order valence-electron chi connectivity index (χ3n) is 5.08. The third-order valence-corrected chi connectivity index (χ3v) is 10.2. The maximum atomic E-state index is 12.0. The second kappa shape index (κ2) is 7.37. The van der Waals surface area contributed by atoms with Crippen LogP contribution in [0.5, 0.6) is 0 Å². The van der Waals surface area contributed by atoms with Crippen LogP contribution >= 0.6 is 0 Å². The molecule has 26 heavy (non-hydrogen) atoms. The Morgan fingerprint density at radius 2 is 1.46 bits per heavy atom. The minimum atomic E-state index is -2.60. The van der Waals surface area contributed by atoms with Gasteiger partial charge in [0.1, 0.15) is 6.10 Å². The van der Waals surface area contributed by atoms with Gasteiger partial charge in [0.05, 0.1) is 12.5 Å². The first-order valence-corrected chi connectivity index (χ1v) is 11.2. The number of hydrogen-bond acceptors (Lipinski definition) is 3. The van der Waals surface area contributed by atoms with Crippen molar-refractivity contribution in [3.8, 4) is 0 Å². The summed E-state index contributed by atoms with van der Waals surface area (Å²) >= 11 is 0. The van der Waals surface area contributed by atoms with Gasteiger partial charge >= 0.3 is 5.97 Å². The second-order valence-electron chi connectivity index (χ2n) is 8.14. The summed E-state index contributed by atoms with van der Waals surface area (Å²) < 4.78 is 12.3. The lowest BCUT2D eigenvalue weighted by Gasteiger charge is -2.46. The Bertz CT molecular complexity index is 697. The van der Waals surface area contributed by atoms with Gasteiger partial charge in [-0.25, -0.2) is 0 Å². The van der Waals surface area contributed by atoms with Crippen molar-refractivity contribution >= 4 is 24.7 Å². The van der Waals surface area contributed by atoms with E-state index in [4.69, 9.17) is 9.16 Å². The maximum absolute atomic E-state index is 12.0. The summed E-state index contributed by atoms with van der Waals surface area (Å²) in [5.41, 5.74) is 0. The first kappa shape index (κ1) is 18.9. The van der Waals surface area contributed by atoms with E-state index < -0.39 is 8.32 Å². The highest BCUT2D eigenvalue weighted by molar-refractivity contribution is 6.99. The van der Waals surface area contributed by atoms with Crippen LogP contribution < -0.4 is 10.4 Å². The maximum Gasteiger partial charge on any atom is 0.308 e. The average Bonchev–Trinajstić information content (AvgIpc) is 2.59. The van der Waals surface area contributed by atoms with Crippen LogP contribution in [-0.4, -0.2) is 26.5 Å². The van der Waals surface area contributed by atoms with Crippen molar-refractivity contribution < 1.29 is 14.0 Å². The number of cyclic esters (lactones) is 1. The van der Waals surface area contributed by atoms with Gasteiger partial charge in [0.25, 0.3) is 8.32 Å². The van der Waals surface area contributed by atoms with E-state index in [-0.39, 0.29) is 23.2 Å². The number of ether oxygens (including phenoxy) is 1. The molecule has 138 valence electrons. The monoisotopic (exact) mass is 368 g/mol. The Hall–Kier alpha value is -1.91. The summed E-state index contributed by atoms with van der Waals surface area (Å²) in [6.45, 7) is 8.70. The number of carbonyl (C=O) groups is 1. The molecule has 0 aromatic heterocycles. The second-order valence-corrected chi connectivity index (χ2v) is 12.4. The number of hydrogen-bond donors (Lipinski definition) is 0. The zero-order valence-electron chi connectivity index (χ0n) is 16.1. The largest absolute Gasteiger partial charge is 0.462 e. The molecule has 0 radical (unpaired) electrons. The molecule has 0 bridgehead atoms. The van der Waals surface area contributed by atoms with Crippen LogP contribution in [0, 0.1) is 0 Å². The molecule has 0 amide bonds. The number of carbonyl (C=O) groups excluding carboxylic acids is 1. The quantitative estimate of drug-likeness (QED) is 0.610. The molecule has 1 aliphatic rings. The Labute approximate surface area is 157 Å². The molecule has 0 N–H and O–H groups in total. The molecule has 3 nitrogen and oxygen atoms in total. The number of benzene rings is 2. The molecule has 0 unspecified atom stereocenters. The smallest absolute Gasteiger partial charge is 0.308 e. The fraction of sp³-hybridized carbons (Fsp3) is 0.409. The van der Waals surface area contributed by atoms with Gasteiger partial charge in [0.2, 0.25) is 0 Å². The molecule has 0 aliphatic carbocycles. The Balaban J connectivity index is 2.13. The van der Waals surface area contributed by atoms with E-state index in [1.807, 2.05) is 19.1 Å². The zero-order chi connectivity index (χ0) is 18.8. The first-order chi connectivity index (χ1) is 12.3. The summed E-state index contributed by atoms with van der Waals surface area (Å²) in [6, 6.07) is 21.1. The fourth-order valence-electron chi connectivity index (χ4n) is 3.99. The highest BCUT2D eigenvalue weighted by Crippen LogP contribution is 2.38. The third kappa shape index (κ3) is 3.62.